The van der Waals surface area contributed by atoms with Crippen LogP contribution in [0.15, 0.2) is 54.7 Å². The van der Waals surface area contributed by atoms with Crippen molar-refractivity contribution in [3.8, 4) is 11.4 Å². The Morgan fingerprint density at radius 1 is 1.05 bits per heavy atom. The Labute approximate surface area is 244 Å². The van der Waals surface area contributed by atoms with Gasteiger partial charge in [-0.2, -0.15) is 15.2 Å². The quantitative estimate of drug-likeness (QED) is 0.140. The summed E-state index contributed by atoms with van der Waals surface area (Å²) < 4.78 is 5.02. The second-order valence-electron chi connectivity index (χ2n) is 9.71. The SMILES string of the molecule is COC(=O)[C@H](CCC(N)=O)N(C(=O)c1ccc(CCc2c[nH]c3nc(N)nc(N)c23)cc1)c1cccc(-c2nn[nH]n2)c1. The van der Waals surface area contributed by atoms with Crippen LogP contribution in [-0.2, 0) is 27.2 Å². The number of hydrogen-bond donors (Lipinski definition) is 5. The van der Waals surface area contributed by atoms with Crippen LogP contribution in [0.25, 0.3) is 22.4 Å². The lowest BCUT2D eigenvalue weighted by atomic mass is 10.0. The molecule has 0 saturated heterocycles. The highest BCUT2D eigenvalue weighted by Gasteiger charge is 2.33. The van der Waals surface area contributed by atoms with Crippen LogP contribution in [0, 0.1) is 0 Å². The van der Waals surface area contributed by atoms with Crippen LogP contribution in [0.5, 0.6) is 0 Å². The smallest absolute Gasteiger partial charge is 0.328 e. The zero-order chi connectivity index (χ0) is 30.5. The van der Waals surface area contributed by atoms with Gasteiger partial charge in [0, 0.05) is 29.4 Å². The van der Waals surface area contributed by atoms with Gasteiger partial charge in [0.05, 0.1) is 12.5 Å². The highest BCUT2D eigenvalue weighted by atomic mass is 16.5. The van der Waals surface area contributed by atoms with E-state index < -0.39 is 23.8 Å². The van der Waals surface area contributed by atoms with Gasteiger partial charge in [0.15, 0.2) is 0 Å². The number of ether oxygens (including phenoxy) is 1. The average Bonchev–Trinajstić information content (AvgIpc) is 3.68. The van der Waals surface area contributed by atoms with Gasteiger partial charge in [0.25, 0.3) is 5.91 Å². The molecule has 5 rings (SSSR count). The van der Waals surface area contributed by atoms with Gasteiger partial charge in [-0.3, -0.25) is 14.5 Å². The van der Waals surface area contributed by atoms with Crippen LogP contribution in [0.2, 0.25) is 0 Å². The molecule has 0 aliphatic rings. The van der Waals surface area contributed by atoms with E-state index in [0.29, 0.717) is 46.9 Å². The van der Waals surface area contributed by atoms with E-state index in [4.69, 9.17) is 21.9 Å². The number of benzene rings is 2. The summed E-state index contributed by atoms with van der Waals surface area (Å²) >= 11 is 0. The van der Waals surface area contributed by atoms with Gasteiger partial charge in [0.1, 0.15) is 17.5 Å². The Balaban J connectivity index is 1.42. The third-order valence-electron chi connectivity index (χ3n) is 6.94. The number of amides is 2. The van der Waals surface area contributed by atoms with Crippen LogP contribution in [0.4, 0.5) is 17.5 Å². The Hall–Kier alpha value is -5.86. The van der Waals surface area contributed by atoms with Crippen molar-refractivity contribution in [1.82, 2.24) is 35.6 Å². The summed E-state index contributed by atoms with van der Waals surface area (Å²) in [5.74, 6) is -1.08. The third kappa shape index (κ3) is 6.24. The fourth-order valence-corrected chi connectivity index (χ4v) is 4.86. The van der Waals surface area contributed by atoms with Crippen LogP contribution < -0.4 is 22.1 Å². The Morgan fingerprint density at radius 3 is 2.53 bits per heavy atom. The molecule has 0 saturated carbocycles. The number of methoxy groups -OCH3 is 1. The Bertz CT molecular complexity index is 1770. The topological polar surface area (TPSA) is 238 Å². The minimum Gasteiger partial charge on any atom is -0.467 e. The first kappa shape index (κ1) is 28.7. The minimum absolute atomic E-state index is 0.0403. The second-order valence-corrected chi connectivity index (χ2v) is 9.71. The van der Waals surface area contributed by atoms with Gasteiger partial charge < -0.3 is 26.9 Å². The Kier molecular flexibility index (Phi) is 8.22. The van der Waals surface area contributed by atoms with Gasteiger partial charge in [-0.25, -0.2) is 4.79 Å². The van der Waals surface area contributed by atoms with Gasteiger partial charge >= 0.3 is 5.97 Å². The van der Waals surface area contributed by atoms with Crippen molar-refractivity contribution in [2.45, 2.75) is 31.7 Å². The van der Waals surface area contributed by atoms with Crippen molar-refractivity contribution in [3.63, 3.8) is 0 Å². The highest BCUT2D eigenvalue weighted by Crippen LogP contribution is 2.28. The number of primary amides is 1. The predicted octanol–water partition coefficient (Wildman–Crippen LogP) is 1.54. The number of fused-ring (bicyclic) bond motifs is 1. The van der Waals surface area contributed by atoms with Crippen molar-refractivity contribution in [3.05, 3.63) is 71.4 Å². The van der Waals surface area contributed by atoms with Crippen molar-refractivity contribution in [2.24, 2.45) is 5.73 Å². The number of nitrogen functional groups attached to an aromatic ring is 2. The number of nitrogens with zero attached hydrogens (tertiary/aromatic N) is 6. The summed E-state index contributed by atoms with van der Waals surface area (Å²) in [4.78, 5) is 51.2. The molecule has 0 aliphatic carbocycles. The first-order chi connectivity index (χ1) is 20.7. The molecule has 2 aromatic carbocycles. The number of rotatable bonds is 11. The number of anilines is 3. The van der Waals surface area contributed by atoms with E-state index in [1.807, 2.05) is 18.3 Å². The van der Waals surface area contributed by atoms with E-state index in [1.165, 1.54) is 12.0 Å². The zero-order valence-corrected chi connectivity index (χ0v) is 23.2. The normalized spacial score (nSPS) is 11.7. The van der Waals surface area contributed by atoms with Crippen molar-refractivity contribution >= 4 is 46.3 Å². The number of H-pyrrole nitrogens is 2. The molecule has 15 nitrogen and oxygen atoms in total. The summed E-state index contributed by atoms with van der Waals surface area (Å²) in [6.45, 7) is 0. The number of nitrogens with two attached hydrogens (primary N) is 3. The van der Waals surface area contributed by atoms with Crippen molar-refractivity contribution in [1.29, 1.82) is 0 Å². The van der Waals surface area contributed by atoms with Crippen LogP contribution >= 0.6 is 0 Å². The lowest BCUT2D eigenvalue weighted by molar-refractivity contribution is -0.142. The molecule has 3 heterocycles. The fourth-order valence-electron chi connectivity index (χ4n) is 4.86. The van der Waals surface area contributed by atoms with Crippen molar-refractivity contribution in [2.75, 3.05) is 23.5 Å². The molecule has 0 radical (unpaired) electrons. The number of aryl methyl sites for hydroxylation is 2. The average molecular weight is 584 g/mol. The molecule has 8 N–H and O–H groups in total. The van der Waals surface area contributed by atoms with E-state index in [0.717, 1.165) is 16.5 Å². The number of aromatic amines is 2. The summed E-state index contributed by atoms with van der Waals surface area (Å²) in [5, 5.41) is 14.7. The molecule has 0 unspecified atom stereocenters. The molecule has 0 bridgehead atoms. The lowest BCUT2D eigenvalue weighted by Crippen LogP contribution is -2.46. The molecule has 2 amide bonds. The van der Waals surface area contributed by atoms with Crippen LogP contribution in [0.3, 0.4) is 0 Å². The van der Waals surface area contributed by atoms with E-state index >= 15 is 0 Å². The predicted molar refractivity (Wildman–Crippen MR) is 157 cm³/mol. The standard InChI is InChI=1S/C28H29N11O4/c1-43-27(42)20(11-12-21(29)40)39(19-4-2-3-17(13-19)24-35-37-38-36-24)26(41)16-8-5-15(6-9-16)7-10-18-14-32-25-22(18)23(30)33-28(31)34-25/h2-6,8-9,13-14,20H,7,10-12H2,1H3,(H2,29,40)(H,35,36,37,38)(H5,30,31,32,33,34)/t20-/m0/s1. The van der Waals surface area contributed by atoms with E-state index in [2.05, 4.69) is 35.6 Å². The highest BCUT2D eigenvalue weighted by molar-refractivity contribution is 6.09. The fraction of sp³-hybridized carbons (Fsp3) is 0.214. The number of nitrogens with one attached hydrogen (secondary N) is 2. The van der Waals surface area contributed by atoms with E-state index in [1.54, 1.807) is 36.4 Å². The molecule has 3 aromatic heterocycles. The molecule has 0 spiro atoms. The number of carbonyl (C=O) groups excluding carboxylic acids is 3. The van der Waals surface area contributed by atoms with Crippen molar-refractivity contribution < 1.29 is 19.1 Å². The molecule has 0 aliphatic heterocycles. The molecule has 5 aromatic rings. The van der Waals surface area contributed by atoms with Gasteiger partial charge in [0.2, 0.25) is 17.7 Å². The number of tetrazole rings is 1. The maximum atomic E-state index is 14.0. The van der Waals surface area contributed by atoms with E-state index in [-0.39, 0.29) is 18.8 Å². The lowest BCUT2D eigenvalue weighted by Gasteiger charge is -2.30. The molecule has 0 fully saturated rings. The molecule has 15 heteroatoms. The molecular formula is C28H29N11O4. The second kappa shape index (κ2) is 12.3. The van der Waals surface area contributed by atoms with Gasteiger partial charge in [-0.05, 0) is 59.9 Å². The first-order valence-corrected chi connectivity index (χ1v) is 13.3. The molecule has 220 valence electrons. The maximum absolute atomic E-state index is 14.0. The monoisotopic (exact) mass is 583 g/mol. The molecular weight excluding hydrogens is 554 g/mol. The number of carbonyl (C=O) groups is 3. The summed E-state index contributed by atoms with van der Waals surface area (Å²) in [5.41, 5.74) is 20.9. The number of esters is 1. The summed E-state index contributed by atoms with van der Waals surface area (Å²) in [7, 11) is 1.22. The summed E-state index contributed by atoms with van der Waals surface area (Å²) in [6.07, 6.45) is 2.93. The van der Waals surface area contributed by atoms with Gasteiger partial charge in [-0.15, -0.1) is 10.2 Å². The van der Waals surface area contributed by atoms with E-state index in [9.17, 15) is 14.4 Å². The number of hydrogen-bond acceptors (Lipinski definition) is 11. The van der Waals surface area contributed by atoms with Gasteiger partial charge in [-0.1, -0.05) is 24.3 Å². The minimum atomic E-state index is -1.13. The largest absolute Gasteiger partial charge is 0.467 e. The zero-order valence-electron chi connectivity index (χ0n) is 23.2. The first-order valence-electron chi connectivity index (χ1n) is 13.3. The maximum Gasteiger partial charge on any atom is 0.328 e. The summed E-state index contributed by atoms with van der Waals surface area (Å²) in [6, 6.07) is 12.7. The van der Waals surface area contributed by atoms with Crippen LogP contribution in [-0.4, -0.2) is 66.5 Å². The third-order valence-corrected chi connectivity index (χ3v) is 6.94. The molecule has 43 heavy (non-hydrogen) atoms. The molecule has 1 atom stereocenters. The Morgan fingerprint density at radius 2 is 1.84 bits per heavy atom. The number of aromatic nitrogens is 7. The van der Waals surface area contributed by atoms with Crippen LogP contribution in [0.1, 0.15) is 34.3 Å².